The van der Waals surface area contributed by atoms with E-state index in [-0.39, 0.29) is 26.6 Å². The highest BCUT2D eigenvalue weighted by atomic mass is 32.1. The second-order valence-corrected chi connectivity index (χ2v) is 10.4. The first-order chi connectivity index (χ1) is 16.9. The third-order valence-corrected chi connectivity index (χ3v) is 7.15. The van der Waals surface area contributed by atoms with E-state index in [1.165, 1.54) is 24.1 Å². The SMILES string of the molecule is COC(=O)c1sc(N2C(=O)C(=O)C(=C(O)c3ccc(F)cc3)[C@H]2c2ccc(C(C)(C)C)cc2)nc1C. The van der Waals surface area contributed by atoms with Gasteiger partial charge in [-0.15, -0.1) is 0 Å². The molecule has 0 spiro atoms. The lowest BCUT2D eigenvalue weighted by Gasteiger charge is -2.24. The average molecular weight is 509 g/mol. The summed E-state index contributed by atoms with van der Waals surface area (Å²) in [5, 5.41) is 11.3. The van der Waals surface area contributed by atoms with Crippen LogP contribution in [0.4, 0.5) is 9.52 Å². The average Bonchev–Trinajstić information content (AvgIpc) is 3.35. The van der Waals surface area contributed by atoms with Gasteiger partial charge in [0.15, 0.2) is 5.13 Å². The van der Waals surface area contributed by atoms with Gasteiger partial charge in [-0.1, -0.05) is 56.4 Å². The Hall–Kier alpha value is -3.85. The number of hydrogen-bond acceptors (Lipinski definition) is 7. The van der Waals surface area contributed by atoms with Gasteiger partial charge in [0.05, 0.1) is 24.4 Å². The molecular formula is C27H25FN2O5S. The number of benzene rings is 2. The zero-order chi connectivity index (χ0) is 26.4. The Balaban J connectivity index is 1.93. The van der Waals surface area contributed by atoms with E-state index in [0.717, 1.165) is 29.0 Å². The molecule has 0 saturated carbocycles. The van der Waals surface area contributed by atoms with Crippen LogP contribution in [0, 0.1) is 12.7 Å². The number of halogens is 1. The number of esters is 1. The van der Waals surface area contributed by atoms with Crippen molar-refractivity contribution in [3.05, 3.63) is 87.2 Å². The van der Waals surface area contributed by atoms with Crippen molar-refractivity contribution in [2.45, 2.75) is 39.2 Å². The number of carbonyl (C=O) groups excluding carboxylic acids is 3. The number of aryl methyl sites for hydroxylation is 1. The summed E-state index contributed by atoms with van der Waals surface area (Å²) in [4.78, 5) is 44.5. The summed E-state index contributed by atoms with van der Waals surface area (Å²) < 4.78 is 18.3. The normalized spacial score (nSPS) is 17.5. The fraction of sp³-hybridized carbons (Fsp3) is 0.259. The fourth-order valence-corrected chi connectivity index (χ4v) is 5.05. The van der Waals surface area contributed by atoms with E-state index < -0.39 is 35.3 Å². The Labute approximate surface area is 211 Å². The van der Waals surface area contributed by atoms with E-state index >= 15 is 0 Å². The second kappa shape index (κ2) is 9.31. The number of rotatable bonds is 4. The Kier molecular flexibility index (Phi) is 6.53. The van der Waals surface area contributed by atoms with Crippen LogP contribution in [0.3, 0.4) is 0 Å². The molecule has 36 heavy (non-hydrogen) atoms. The van der Waals surface area contributed by atoms with Gasteiger partial charge in [0, 0.05) is 5.56 Å². The fourth-order valence-electron chi connectivity index (χ4n) is 4.04. The number of aliphatic hydroxyl groups excluding tert-OH is 1. The number of Topliss-reactive ketones (excluding diaryl/α,β-unsaturated/α-hetero) is 1. The smallest absolute Gasteiger partial charge is 0.350 e. The topological polar surface area (TPSA) is 96.8 Å². The largest absolute Gasteiger partial charge is 0.507 e. The van der Waals surface area contributed by atoms with Gasteiger partial charge in [0.2, 0.25) is 0 Å². The van der Waals surface area contributed by atoms with E-state index in [4.69, 9.17) is 4.74 Å². The summed E-state index contributed by atoms with van der Waals surface area (Å²) >= 11 is 0.926. The molecule has 1 N–H and O–H groups in total. The first kappa shape index (κ1) is 25.2. The Morgan fingerprint density at radius 2 is 1.69 bits per heavy atom. The minimum absolute atomic E-state index is 0.123. The maximum Gasteiger partial charge on any atom is 0.350 e. The number of amides is 1. The van der Waals surface area contributed by atoms with Crippen LogP contribution in [0.25, 0.3) is 5.76 Å². The lowest BCUT2D eigenvalue weighted by molar-refractivity contribution is -0.132. The van der Waals surface area contributed by atoms with Gasteiger partial charge in [0.1, 0.15) is 16.5 Å². The van der Waals surface area contributed by atoms with Crippen molar-refractivity contribution in [2.24, 2.45) is 0 Å². The lowest BCUT2D eigenvalue weighted by Crippen LogP contribution is -2.29. The molecule has 7 nitrogen and oxygen atoms in total. The van der Waals surface area contributed by atoms with E-state index in [1.54, 1.807) is 19.1 Å². The third kappa shape index (κ3) is 4.42. The van der Waals surface area contributed by atoms with E-state index in [9.17, 15) is 23.9 Å². The predicted octanol–water partition coefficient (Wildman–Crippen LogP) is 5.30. The van der Waals surface area contributed by atoms with Gasteiger partial charge >= 0.3 is 11.9 Å². The number of anilines is 1. The van der Waals surface area contributed by atoms with Crippen LogP contribution in [0.15, 0.2) is 54.1 Å². The molecule has 4 rings (SSSR count). The standard InChI is InChI=1S/C27H25FN2O5S/c1-14-23(25(34)35-5)36-26(29-14)30-20(15-6-10-17(11-7-15)27(2,3)4)19(22(32)24(30)33)21(31)16-8-12-18(28)13-9-16/h6-13,20,31H,1-5H3/t20-/m1/s1. The number of ketones is 1. The first-order valence-corrected chi connectivity index (χ1v) is 12.0. The van der Waals surface area contributed by atoms with Crippen LogP contribution < -0.4 is 4.90 Å². The highest BCUT2D eigenvalue weighted by molar-refractivity contribution is 7.17. The number of hydrogen-bond donors (Lipinski definition) is 1. The van der Waals surface area contributed by atoms with Crippen molar-refractivity contribution in [2.75, 3.05) is 12.0 Å². The molecule has 1 fully saturated rings. The van der Waals surface area contributed by atoms with Crippen molar-refractivity contribution in [1.82, 2.24) is 4.98 Å². The van der Waals surface area contributed by atoms with Gasteiger partial charge in [-0.3, -0.25) is 14.5 Å². The predicted molar refractivity (Wildman–Crippen MR) is 135 cm³/mol. The Morgan fingerprint density at radius 1 is 1.08 bits per heavy atom. The molecule has 9 heteroatoms. The number of methoxy groups -OCH3 is 1. The van der Waals surface area contributed by atoms with Crippen molar-refractivity contribution < 1.29 is 28.6 Å². The summed E-state index contributed by atoms with van der Waals surface area (Å²) in [6, 6.07) is 11.4. The molecule has 0 bridgehead atoms. The molecule has 1 aliphatic rings. The molecule has 1 aliphatic heterocycles. The number of nitrogens with zero attached hydrogens (tertiary/aromatic N) is 2. The van der Waals surface area contributed by atoms with Crippen molar-refractivity contribution >= 4 is 39.9 Å². The van der Waals surface area contributed by atoms with Crippen LogP contribution in [-0.2, 0) is 19.7 Å². The van der Waals surface area contributed by atoms with Crippen LogP contribution in [0.5, 0.6) is 0 Å². The van der Waals surface area contributed by atoms with Crippen molar-refractivity contribution in [3.63, 3.8) is 0 Å². The van der Waals surface area contributed by atoms with Crippen molar-refractivity contribution in [3.8, 4) is 0 Å². The van der Waals surface area contributed by atoms with Gasteiger partial charge in [-0.2, -0.15) is 0 Å². The summed E-state index contributed by atoms with van der Waals surface area (Å²) in [5.41, 5.74) is 1.87. The molecule has 186 valence electrons. The van der Waals surface area contributed by atoms with Crippen LogP contribution in [0.1, 0.15) is 58.9 Å². The molecule has 0 aliphatic carbocycles. The third-order valence-electron chi connectivity index (χ3n) is 6.02. The molecule has 2 heterocycles. The zero-order valence-electron chi connectivity index (χ0n) is 20.5. The lowest BCUT2D eigenvalue weighted by atomic mass is 9.85. The van der Waals surface area contributed by atoms with Gasteiger partial charge in [-0.25, -0.2) is 14.2 Å². The minimum atomic E-state index is -1.01. The summed E-state index contributed by atoms with van der Waals surface area (Å²) in [5.74, 6) is -3.34. The Bertz CT molecular complexity index is 1390. The highest BCUT2D eigenvalue weighted by Crippen LogP contribution is 2.44. The molecule has 3 aromatic rings. The number of ether oxygens (including phenoxy) is 1. The first-order valence-electron chi connectivity index (χ1n) is 11.2. The van der Waals surface area contributed by atoms with Gasteiger partial charge < -0.3 is 9.84 Å². The molecule has 1 amide bonds. The minimum Gasteiger partial charge on any atom is -0.507 e. The molecule has 0 radical (unpaired) electrons. The number of thiazole rings is 1. The maximum atomic E-state index is 13.5. The summed E-state index contributed by atoms with van der Waals surface area (Å²) in [6.45, 7) is 7.80. The zero-order valence-corrected chi connectivity index (χ0v) is 21.3. The molecule has 0 unspecified atom stereocenters. The van der Waals surface area contributed by atoms with Gasteiger partial charge in [0.25, 0.3) is 5.78 Å². The number of carbonyl (C=O) groups is 3. The monoisotopic (exact) mass is 508 g/mol. The molecule has 1 aromatic heterocycles. The van der Waals surface area contributed by atoms with E-state index in [0.29, 0.717) is 11.3 Å². The molecule has 2 aromatic carbocycles. The molecular weight excluding hydrogens is 483 g/mol. The summed E-state index contributed by atoms with van der Waals surface area (Å²) in [7, 11) is 1.24. The van der Waals surface area contributed by atoms with Crippen molar-refractivity contribution in [1.29, 1.82) is 0 Å². The second-order valence-electron chi connectivity index (χ2n) is 9.45. The number of aliphatic hydroxyl groups is 1. The molecule has 1 atom stereocenters. The van der Waals surface area contributed by atoms with E-state index in [2.05, 4.69) is 25.8 Å². The van der Waals surface area contributed by atoms with Crippen LogP contribution in [-0.4, -0.2) is 34.9 Å². The van der Waals surface area contributed by atoms with Crippen LogP contribution >= 0.6 is 11.3 Å². The quantitative estimate of drug-likeness (QED) is 0.222. The maximum absolute atomic E-state index is 13.5. The van der Waals surface area contributed by atoms with E-state index in [1.807, 2.05) is 12.1 Å². The number of aromatic nitrogens is 1. The van der Waals surface area contributed by atoms with Gasteiger partial charge in [-0.05, 0) is 47.7 Å². The Morgan fingerprint density at radius 3 is 2.25 bits per heavy atom. The van der Waals surface area contributed by atoms with Crippen LogP contribution in [0.2, 0.25) is 0 Å². The summed E-state index contributed by atoms with van der Waals surface area (Å²) in [6.07, 6.45) is 0. The molecule has 1 saturated heterocycles. The highest BCUT2D eigenvalue weighted by Gasteiger charge is 2.48.